The molecule has 0 saturated carbocycles. The summed E-state index contributed by atoms with van der Waals surface area (Å²) in [4.78, 5) is 2.49. The topological polar surface area (TPSA) is 12.5 Å². The monoisotopic (exact) mass is 427 g/mol. The van der Waals surface area contributed by atoms with Crippen molar-refractivity contribution in [1.82, 2.24) is 4.90 Å². The highest BCUT2D eigenvalue weighted by Gasteiger charge is 2.06. The maximum atomic E-state index is 6.00. The molecule has 0 fully saturated rings. The minimum atomic E-state index is 0.788. The van der Waals surface area contributed by atoms with Crippen LogP contribution in [0, 0.1) is 0 Å². The van der Waals surface area contributed by atoms with E-state index in [1.54, 1.807) is 0 Å². The highest BCUT2D eigenvalue weighted by atomic mass is 16.5. The summed E-state index contributed by atoms with van der Waals surface area (Å²) in [5, 5.41) is 0. The van der Waals surface area contributed by atoms with Crippen LogP contribution in [0.1, 0.15) is 56.2 Å². The van der Waals surface area contributed by atoms with E-state index in [2.05, 4.69) is 110 Å². The van der Waals surface area contributed by atoms with Gasteiger partial charge in [-0.3, -0.25) is 0 Å². The molecule has 0 aliphatic carbocycles. The Labute approximate surface area is 194 Å². The predicted molar refractivity (Wildman–Crippen MR) is 138 cm³/mol. The van der Waals surface area contributed by atoms with Crippen LogP contribution in [0.25, 0.3) is 11.6 Å². The van der Waals surface area contributed by atoms with E-state index in [9.17, 15) is 0 Å². The summed E-state index contributed by atoms with van der Waals surface area (Å²) in [5.74, 6) is 0.948. The molecule has 168 valence electrons. The number of hydrogen-bond donors (Lipinski definition) is 0. The van der Waals surface area contributed by atoms with Gasteiger partial charge in [0.25, 0.3) is 0 Å². The van der Waals surface area contributed by atoms with Crippen molar-refractivity contribution in [3.63, 3.8) is 0 Å². The molecule has 0 heterocycles. The fourth-order valence-corrected chi connectivity index (χ4v) is 3.92. The second kappa shape index (κ2) is 13.5. The molecular weight excluding hydrogens is 390 g/mol. The first-order valence-corrected chi connectivity index (χ1v) is 12.1. The predicted octanol–water partition coefficient (Wildman–Crippen LogP) is 7.56. The van der Waals surface area contributed by atoms with Crippen molar-refractivity contribution < 1.29 is 4.74 Å². The van der Waals surface area contributed by atoms with Crippen LogP contribution in [0.4, 0.5) is 0 Å². The maximum Gasteiger partial charge on any atom is 0.119 e. The van der Waals surface area contributed by atoms with Gasteiger partial charge >= 0.3 is 0 Å². The first-order valence-electron chi connectivity index (χ1n) is 12.1. The minimum absolute atomic E-state index is 0.788. The van der Waals surface area contributed by atoms with Crippen LogP contribution in [0.3, 0.4) is 0 Å². The third kappa shape index (κ3) is 7.69. The van der Waals surface area contributed by atoms with Gasteiger partial charge in [0.05, 0.1) is 6.61 Å². The number of unbranched alkanes of at least 4 members (excludes halogenated alkanes) is 3. The van der Waals surface area contributed by atoms with Crippen LogP contribution in [0.5, 0.6) is 5.75 Å². The molecule has 0 amide bonds. The van der Waals surface area contributed by atoms with Crippen molar-refractivity contribution in [1.29, 1.82) is 0 Å². The van der Waals surface area contributed by atoms with Crippen molar-refractivity contribution in [2.24, 2.45) is 0 Å². The van der Waals surface area contributed by atoms with E-state index in [0.717, 1.165) is 31.9 Å². The van der Waals surface area contributed by atoms with Crippen LogP contribution >= 0.6 is 0 Å². The van der Waals surface area contributed by atoms with E-state index < -0.39 is 0 Å². The van der Waals surface area contributed by atoms with Crippen LogP contribution in [0.2, 0.25) is 0 Å². The van der Waals surface area contributed by atoms with Gasteiger partial charge in [-0.15, -0.1) is 0 Å². The summed E-state index contributed by atoms with van der Waals surface area (Å²) >= 11 is 0. The van der Waals surface area contributed by atoms with Crippen molar-refractivity contribution >= 4 is 11.6 Å². The molecule has 3 rings (SSSR count). The van der Waals surface area contributed by atoms with E-state index in [1.165, 1.54) is 48.1 Å². The van der Waals surface area contributed by atoms with Crippen molar-refractivity contribution in [2.45, 2.75) is 39.5 Å². The largest absolute Gasteiger partial charge is 0.494 e. The van der Waals surface area contributed by atoms with Gasteiger partial charge < -0.3 is 9.64 Å². The van der Waals surface area contributed by atoms with Crippen molar-refractivity contribution in [2.75, 3.05) is 26.2 Å². The minimum Gasteiger partial charge on any atom is -0.494 e. The molecule has 0 saturated heterocycles. The lowest BCUT2D eigenvalue weighted by molar-refractivity contribution is 0.284. The Kier molecular flexibility index (Phi) is 10.1. The molecule has 0 unspecified atom stereocenters. The second-order valence-electron chi connectivity index (χ2n) is 8.15. The molecule has 0 aromatic heterocycles. The molecule has 0 atom stereocenters. The number of hydrogen-bond acceptors (Lipinski definition) is 2. The Bertz CT molecular complexity index is 912. The first-order chi connectivity index (χ1) is 15.8. The average molecular weight is 428 g/mol. The van der Waals surface area contributed by atoms with Crippen molar-refractivity contribution in [3.05, 3.63) is 102 Å². The van der Waals surface area contributed by atoms with Gasteiger partial charge in [0.1, 0.15) is 5.75 Å². The Balaban J connectivity index is 1.54. The number of benzene rings is 3. The van der Waals surface area contributed by atoms with Gasteiger partial charge in [0.15, 0.2) is 0 Å². The molecule has 3 aromatic carbocycles. The van der Waals surface area contributed by atoms with Gasteiger partial charge in [-0.05, 0) is 72.9 Å². The highest BCUT2D eigenvalue weighted by molar-refractivity contribution is 5.91. The van der Waals surface area contributed by atoms with E-state index in [0.29, 0.717) is 0 Å². The third-order valence-electron chi connectivity index (χ3n) is 5.89. The van der Waals surface area contributed by atoms with E-state index in [4.69, 9.17) is 4.74 Å². The standard InChI is InChI=1S/C30H37NO/c1-3-31(4-2)23-13-5-6-14-24-32-29-21-19-28(20-22-29)30(27-17-11-8-12-18-27)25-26-15-9-7-10-16-26/h7-12,15-22,25H,3-6,13-14,23-24H2,1-2H3. The maximum absolute atomic E-state index is 6.00. The summed E-state index contributed by atoms with van der Waals surface area (Å²) in [6.07, 6.45) is 7.17. The van der Waals surface area contributed by atoms with Gasteiger partial charge in [-0.2, -0.15) is 0 Å². The summed E-state index contributed by atoms with van der Waals surface area (Å²) in [6.45, 7) is 8.79. The van der Waals surface area contributed by atoms with Crippen LogP contribution in [0.15, 0.2) is 84.9 Å². The zero-order valence-electron chi connectivity index (χ0n) is 19.7. The molecule has 2 nitrogen and oxygen atoms in total. The Morgan fingerprint density at radius 3 is 1.94 bits per heavy atom. The molecule has 2 heteroatoms. The number of nitrogens with zero attached hydrogens (tertiary/aromatic N) is 1. The lowest BCUT2D eigenvalue weighted by atomic mass is 9.95. The van der Waals surface area contributed by atoms with Crippen LogP contribution < -0.4 is 4.74 Å². The quantitative estimate of drug-likeness (QED) is 0.206. The fraction of sp³-hybridized carbons (Fsp3) is 0.333. The van der Waals surface area contributed by atoms with E-state index in [-0.39, 0.29) is 0 Å². The first kappa shape index (κ1) is 23.8. The fourth-order valence-electron chi connectivity index (χ4n) is 3.92. The molecule has 32 heavy (non-hydrogen) atoms. The zero-order valence-corrected chi connectivity index (χ0v) is 19.7. The second-order valence-corrected chi connectivity index (χ2v) is 8.15. The normalized spacial score (nSPS) is 11.7. The Hall–Kier alpha value is -2.84. The molecule has 0 aliphatic heterocycles. The van der Waals surface area contributed by atoms with Crippen molar-refractivity contribution in [3.8, 4) is 5.75 Å². The molecule has 0 N–H and O–H groups in total. The van der Waals surface area contributed by atoms with Gasteiger partial charge in [-0.25, -0.2) is 0 Å². The average Bonchev–Trinajstić information content (AvgIpc) is 2.86. The highest BCUT2D eigenvalue weighted by Crippen LogP contribution is 2.27. The van der Waals surface area contributed by atoms with Gasteiger partial charge in [0.2, 0.25) is 0 Å². The van der Waals surface area contributed by atoms with Crippen LogP contribution in [-0.2, 0) is 0 Å². The Morgan fingerprint density at radius 2 is 1.28 bits per heavy atom. The zero-order chi connectivity index (χ0) is 22.4. The van der Waals surface area contributed by atoms with E-state index >= 15 is 0 Å². The molecular formula is C30H37NO. The van der Waals surface area contributed by atoms with Gasteiger partial charge in [0, 0.05) is 0 Å². The SMILES string of the molecule is CCN(CC)CCCCCCOc1ccc(C(=Cc2ccccc2)c2ccccc2)cc1. The number of ether oxygens (including phenoxy) is 1. The molecule has 0 radical (unpaired) electrons. The molecule has 3 aromatic rings. The third-order valence-corrected chi connectivity index (χ3v) is 5.89. The summed E-state index contributed by atoms with van der Waals surface area (Å²) in [6, 6.07) is 29.6. The summed E-state index contributed by atoms with van der Waals surface area (Å²) < 4.78 is 6.00. The lowest BCUT2D eigenvalue weighted by Crippen LogP contribution is -2.23. The van der Waals surface area contributed by atoms with E-state index in [1.807, 2.05) is 0 Å². The smallest absolute Gasteiger partial charge is 0.119 e. The molecule has 0 aliphatic rings. The van der Waals surface area contributed by atoms with Gasteiger partial charge in [-0.1, -0.05) is 99.5 Å². The summed E-state index contributed by atoms with van der Waals surface area (Å²) in [7, 11) is 0. The molecule has 0 bridgehead atoms. The summed E-state index contributed by atoms with van der Waals surface area (Å²) in [5.41, 5.74) is 4.84. The lowest BCUT2D eigenvalue weighted by Gasteiger charge is -2.17. The molecule has 0 spiro atoms. The number of rotatable bonds is 13. The Morgan fingerprint density at radius 1 is 0.688 bits per heavy atom. The van der Waals surface area contributed by atoms with Crippen LogP contribution in [-0.4, -0.2) is 31.1 Å².